The van der Waals surface area contributed by atoms with Gasteiger partial charge in [-0.3, -0.25) is 0 Å². The number of carbonyl (C=O) groups excluding carboxylic acids is 1. The Morgan fingerprint density at radius 1 is 1.50 bits per heavy atom. The van der Waals surface area contributed by atoms with Crippen molar-refractivity contribution in [2.75, 3.05) is 5.75 Å². The number of aliphatic carboxylic acids is 1. The molecule has 22 heavy (non-hydrogen) atoms. The van der Waals surface area contributed by atoms with Gasteiger partial charge in [0, 0.05) is 5.75 Å². The first-order valence-corrected chi connectivity index (χ1v) is 7.69. The van der Waals surface area contributed by atoms with E-state index in [1.807, 2.05) is 35.8 Å². The molecule has 2 rings (SSSR count). The minimum Gasteiger partial charge on any atom is -0.549 e. The highest BCUT2D eigenvalue weighted by atomic mass is 32.2. The smallest absolute Gasteiger partial charge is 0.337 e. The van der Waals surface area contributed by atoms with Gasteiger partial charge in [0.15, 0.2) is 6.61 Å². The molecule has 0 saturated heterocycles. The molecule has 7 heteroatoms. The maximum atomic E-state index is 10.6. The van der Waals surface area contributed by atoms with Gasteiger partial charge in [-0.05, 0) is 30.8 Å². The van der Waals surface area contributed by atoms with Crippen LogP contribution in [-0.4, -0.2) is 21.9 Å². The summed E-state index contributed by atoms with van der Waals surface area (Å²) in [5, 5.41) is 18.1. The average Bonchev–Trinajstić information content (AvgIpc) is 2.87. The summed E-state index contributed by atoms with van der Waals surface area (Å²) in [4.78, 5) is 10.6. The number of thioether (sulfide) groups is 1. The predicted octanol–water partition coefficient (Wildman–Crippen LogP) is 0.613. The van der Waals surface area contributed by atoms with Crippen LogP contribution in [0.3, 0.4) is 0 Å². The first-order chi connectivity index (χ1) is 10.6. The van der Waals surface area contributed by atoms with E-state index in [4.69, 9.17) is 4.74 Å². The molecule has 0 unspecified atom stereocenters. The summed E-state index contributed by atoms with van der Waals surface area (Å²) in [6.07, 6.45) is 1.72. The van der Waals surface area contributed by atoms with Crippen molar-refractivity contribution in [3.63, 3.8) is 0 Å². The third-order valence-electron chi connectivity index (χ3n) is 2.86. The molecule has 1 aromatic carbocycles. The molecule has 0 aliphatic rings. The second-order valence-electron chi connectivity index (χ2n) is 4.61. The van der Waals surface area contributed by atoms with Crippen LogP contribution < -0.4 is 14.4 Å². The second-order valence-corrected chi connectivity index (χ2v) is 5.56. The van der Waals surface area contributed by atoms with Gasteiger partial charge in [0.05, 0.1) is 17.6 Å². The number of rotatable bonds is 8. The van der Waals surface area contributed by atoms with E-state index in [1.54, 1.807) is 6.08 Å². The SMILES string of the molecule is C=CC[n+]1c(SCC(=O)[O-])n[nH]c1COc1ccc(C)cc1. The second kappa shape index (κ2) is 7.65. The first-order valence-electron chi connectivity index (χ1n) is 6.70. The minimum absolute atomic E-state index is 0.153. The van der Waals surface area contributed by atoms with E-state index in [0.29, 0.717) is 18.3 Å². The lowest BCUT2D eigenvalue weighted by Gasteiger charge is -2.05. The number of allylic oxidation sites excluding steroid dienone is 1. The number of benzene rings is 1. The van der Waals surface area contributed by atoms with Gasteiger partial charge in [-0.15, -0.1) is 5.10 Å². The van der Waals surface area contributed by atoms with Gasteiger partial charge in [0.1, 0.15) is 5.75 Å². The fourth-order valence-corrected chi connectivity index (χ4v) is 2.49. The van der Waals surface area contributed by atoms with Crippen LogP contribution in [-0.2, 0) is 17.9 Å². The summed E-state index contributed by atoms with van der Waals surface area (Å²) in [6, 6.07) is 7.74. The van der Waals surface area contributed by atoms with Crippen LogP contribution in [0.1, 0.15) is 11.4 Å². The predicted molar refractivity (Wildman–Crippen MR) is 80.2 cm³/mol. The normalized spacial score (nSPS) is 10.4. The zero-order chi connectivity index (χ0) is 15.9. The number of nitrogens with zero attached hydrogens (tertiary/aromatic N) is 2. The average molecular weight is 319 g/mol. The summed E-state index contributed by atoms with van der Waals surface area (Å²) in [5.41, 5.74) is 1.16. The Morgan fingerprint density at radius 2 is 2.23 bits per heavy atom. The maximum absolute atomic E-state index is 10.6. The van der Waals surface area contributed by atoms with Gasteiger partial charge in [-0.1, -0.05) is 30.4 Å². The maximum Gasteiger partial charge on any atom is 0.337 e. The monoisotopic (exact) mass is 319 g/mol. The number of hydrogen-bond donors (Lipinski definition) is 1. The fraction of sp³-hybridized carbons (Fsp3) is 0.267. The van der Waals surface area contributed by atoms with Gasteiger partial charge < -0.3 is 14.6 Å². The van der Waals surface area contributed by atoms with Crippen molar-refractivity contribution < 1.29 is 19.2 Å². The Kier molecular flexibility index (Phi) is 5.60. The molecule has 0 atom stereocenters. The van der Waals surface area contributed by atoms with Gasteiger partial charge in [0.2, 0.25) is 0 Å². The topological polar surface area (TPSA) is 81.9 Å². The van der Waals surface area contributed by atoms with Crippen LogP contribution in [0.25, 0.3) is 0 Å². The van der Waals surface area contributed by atoms with E-state index in [9.17, 15) is 9.90 Å². The molecule has 2 aromatic rings. The third kappa shape index (κ3) is 4.36. The minimum atomic E-state index is -1.13. The highest BCUT2D eigenvalue weighted by Crippen LogP contribution is 2.14. The Morgan fingerprint density at radius 3 is 2.86 bits per heavy atom. The number of aromatic amines is 1. The van der Waals surface area contributed by atoms with Crippen molar-refractivity contribution in [2.24, 2.45) is 0 Å². The molecule has 0 amide bonds. The molecular formula is C15H17N3O3S. The van der Waals surface area contributed by atoms with Crippen LogP contribution in [0.15, 0.2) is 42.1 Å². The van der Waals surface area contributed by atoms with Crippen LogP contribution in [0.4, 0.5) is 0 Å². The van der Waals surface area contributed by atoms with E-state index in [1.165, 1.54) is 0 Å². The van der Waals surface area contributed by atoms with Crippen molar-refractivity contribution in [3.05, 3.63) is 48.3 Å². The number of aryl methyl sites for hydroxylation is 1. The van der Waals surface area contributed by atoms with E-state index in [2.05, 4.69) is 16.8 Å². The summed E-state index contributed by atoms with van der Waals surface area (Å²) >= 11 is 1.09. The van der Waals surface area contributed by atoms with Gasteiger partial charge in [-0.2, -0.15) is 0 Å². The third-order valence-corrected chi connectivity index (χ3v) is 3.81. The molecular weight excluding hydrogens is 302 g/mol. The Balaban J connectivity index is 2.07. The molecule has 0 fully saturated rings. The lowest BCUT2D eigenvalue weighted by molar-refractivity contribution is -0.731. The quantitative estimate of drug-likeness (QED) is 0.438. The molecule has 0 aliphatic carbocycles. The summed E-state index contributed by atoms with van der Waals surface area (Å²) in [7, 11) is 0. The standard InChI is InChI=1S/C15H17N3O3S/c1-3-8-18-13(16-17-15(18)22-10-14(19)20)9-21-12-6-4-11(2)5-7-12/h3-7H,1,8-10H2,2H3,(H,19,20). The first kappa shape index (κ1) is 16.1. The van der Waals surface area contributed by atoms with E-state index in [-0.39, 0.29) is 5.75 Å². The number of nitrogens with one attached hydrogen (secondary N) is 1. The molecule has 0 spiro atoms. The zero-order valence-corrected chi connectivity index (χ0v) is 13.1. The summed E-state index contributed by atoms with van der Waals surface area (Å²) in [5.74, 6) is 0.214. The van der Waals surface area contributed by atoms with E-state index >= 15 is 0 Å². The van der Waals surface area contributed by atoms with Crippen molar-refractivity contribution in [3.8, 4) is 5.75 Å². The lowest BCUT2D eigenvalue weighted by Crippen LogP contribution is -2.39. The molecule has 0 bridgehead atoms. The Bertz CT molecular complexity index is 653. The van der Waals surface area contributed by atoms with Crippen LogP contribution in [0.2, 0.25) is 0 Å². The van der Waals surface area contributed by atoms with E-state index < -0.39 is 5.97 Å². The van der Waals surface area contributed by atoms with Crippen molar-refractivity contribution >= 4 is 17.7 Å². The largest absolute Gasteiger partial charge is 0.549 e. The lowest BCUT2D eigenvalue weighted by atomic mass is 10.2. The van der Waals surface area contributed by atoms with Crippen LogP contribution in [0.5, 0.6) is 5.75 Å². The Hall–Kier alpha value is -2.28. The molecule has 6 nitrogen and oxygen atoms in total. The number of H-pyrrole nitrogens is 1. The zero-order valence-electron chi connectivity index (χ0n) is 12.2. The molecule has 0 radical (unpaired) electrons. The summed E-state index contributed by atoms with van der Waals surface area (Å²) < 4.78 is 7.54. The number of carboxylic acid groups (broad SMARTS) is 1. The van der Waals surface area contributed by atoms with Gasteiger partial charge >= 0.3 is 5.16 Å². The highest BCUT2D eigenvalue weighted by Gasteiger charge is 2.20. The molecule has 0 saturated carbocycles. The molecule has 0 aliphatic heterocycles. The number of ether oxygens (including phenoxy) is 1. The number of carbonyl (C=O) groups is 1. The number of carboxylic acids is 1. The number of aromatic nitrogens is 3. The Labute approximate surface area is 132 Å². The van der Waals surface area contributed by atoms with Gasteiger partial charge in [-0.25, -0.2) is 4.57 Å². The molecule has 1 heterocycles. The van der Waals surface area contributed by atoms with Crippen molar-refractivity contribution in [1.82, 2.24) is 10.2 Å². The van der Waals surface area contributed by atoms with Crippen molar-refractivity contribution in [2.45, 2.75) is 25.2 Å². The van der Waals surface area contributed by atoms with Crippen molar-refractivity contribution in [1.29, 1.82) is 0 Å². The summed E-state index contributed by atoms with van der Waals surface area (Å²) in [6.45, 7) is 6.52. The highest BCUT2D eigenvalue weighted by molar-refractivity contribution is 7.99. The number of hydrogen-bond acceptors (Lipinski definition) is 5. The molecule has 1 N–H and O–H groups in total. The molecule has 1 aromatic heterocycles. The molecule has 116 valence electrons. The van der Waals surface area contributed by atoms with Crippen LogP contribution in [0, 0.1) is 6.92 Å². The van der Waals surface area contributed by atoms with E-state index in [0.717, 1.165) is 28.9 Å². The van der Waals surface area contributed by atoms with Crippen LogP contribution >= 0.6 is 11.8 Å². The van der Waals surface area contributed by atoms with Gasteiger partial charge in [0.25, 0.3) is 5.82 Å². The fourth-order valence-electron chi connectivity index (χ4n) is 1.80.